The number of carbonyl (C=O) groups is 2. The zero-order valence-electron chi connectivity index (χ0n) is 17.5. The molecule has 0 bridgehead atoms. The van der Waals surface area contributed by atoms with Crippen LogP contribution in [0.15, 0.2) is 47.6 Å². The van der Waals surface area contributed by atoms with Gasteiger partial charge in [0.1, 0.15) is 6.54 Å². The maximum Gasteiger partial charge on any atom is 0.513 e. The highest BCUT2D eigenvalue weighted by Crippen LogP contribution is 2.27. The lowest BCUT2D eigenvalue weighted by molar-refractivity contribution is -0.119. The van der Waals surface area contributed by atoms with Crippen molar-refractivity contribution in [3.05, 3.63) is 53.6 Å². The maximum absolute atomic E-state index is 12.3. The largest absolute Gasteiger partial charge is 0.513 e. The van der Waals surface area contributed by atoms with Gasteiger partial charge in [0.15, 0.2) is 11.5 Å². The van der Waals surface area contributed by atoms with Crippen LogP contribution in [0, 0.1) is 6.92 Å². The number of sulfonamides is 1. The predicted molar refractivity (Wildman–Crippen MR) is 115 cm³/mol. The number of benzene rings is 2. The number of hydrogen-bond acceptors (Lipinski definition) is 8. The Morgan fingerprint density at radius 1 is 1.13 bits per heavy atom. The first-order valence-corrected chi connectivity index (χ1v) is 10.8. The van der Waals surface area contributed by atoms with E-state index in [0.29, 0.717) is 11.3 Å². The van der Waals surface area contributed by atoms with Crippen LogP contribution >= 0.6 is 0 Å². The second-order valence-electron chi connectivity index (χ2n) is 6.37. The van der Waals surface area contributed by atoms with Gasteiger partial charge in [-0.2, -0.15) is 5.10 Å². The Morgan fingerprint density at radius 3 is 2.48 bits per heavy atom. The fourth-order valence-corrected chi connectivity index (χ4v) is 3.36. The first kappa shape index (κ1) is 23.7. The molecule has 31 heavy (non-hydrogen) atoms. The molecule has 0 spiro atoms. The lowest BCUT2D eigenvalue weighted by atomic mass is 10.2. The van der Waals surface area contributed by atoms with Crippen molar-refractivity contribution in [2.75, 3.05) is 31.3 Å². The molecule has 0 atom stereocenters. The van der Waals surface area contributed by atoms with Crippen LogP contribution in [-0.2, 0) is 19.6 Å². The van der Waals surface area contributed by atoms with Crippen LogP contribution in [0.1, 0.15) is 11.1 Å². The summed E-state index contributed by atoms with van der Waals surface area (Å²) in [5.74, 6) is -0.221. The zero-order valence-corrected chi connectivity index (χ0v) is 18.3. The van der Waals surface area contributed by atoms with Gasteiger partial charge in [-0.25, -0.2) is 18.6 Å². The molecule has 0 aliphatic carbocycles. The quantitative estimate of drug-likeness (QED) is 0.283. The SMILES string of the molecule is COC(=O)Oc1ccc(/C=N\NC(=O)CN(c2cccc(C)c2)S(C)(=O)=O)cc1OC. The van der Waals surface area contributed by atoms with Gasteiger partial charge in [0.25, 0.3) is 5.91 Å². The van der Waals surface area contributed by atoms with Crippen molar-refractivity contribution in [1.29, 1.82) is 0 Å². The summed E-state index contributed by atoms with van der Waals surface area (Å²) < 4.78 is 39.8. The third kappa shape index (κ3) is 7.00. The highest BCUT2D eigenvalue weighted by Gasteiger charge is 2.20. The van der Waals surface area contributed by atoms with Gasteiger partial charge >= 0.3 is 6.16 Å². The Labute approximate surface area is 180 Å². The highest BCUT2D eigenvalue weighted by atomic mass is 32.2. The Bertz CT molecular complexity index is 1080. The summed E-state index contributed by atoms with van der Waals surface area (Å²) in [5.41, 5.74) is 4.07. The summed E-state index contributed by atoms with van der Waals surface area (Å²) in [6, 6.07) is 11.4. The molecule has 2 rings (SSSR count). The minimum absolute atomic E-state index is 0.150. The van der Waals surface area contributed by atoms with Gasteiger partial charge in [0.2, 0.25) is 10.0 Å². The standard InChI is InChI=1S/C20H23N3O7S/c1-14-6-5-7-16(10-14)23(31(4,26)27)13-19(24)22-21-12-15-8-9-17(18(11-15)28-2)30-20(25)29-3/h5-12H,13H2,1-4H3,(H,22,24)/b21-12-. The van der Waals surface area contributed by atoms with Crippen LogP contribution in [0.5, 0.6) is 11.5 Å². The Kier molecular flexibility index (Phi) is 7.97. The van der Waals surface area contributed by atoms with Crippen LogP contribution < -0.4 is 19.2 Å². The fraction of sp³-hybridized carbons (Fsp3) is 0.250. The number of carbonyl (C=O) groups excluding carboxylic acids is 2. The molecule has 0 aliphatic rings. The molecule has 0 unspecified atom stereocenters. The van der Waals surface area contributed by atoms with Gasteiger partial charge in [-0.05, 0) is 48.4 Å². The van der Waals surface area contributed by atoms with Crippen molar-refractivity contribution in [2.45, 2.75) is 6.92 Å². The molecule has 0 saturated heterocycles. The Morgan fingerprint density at radius 2 is 1.87 bits per heavy atom. The van der Waals surface area contributed by atoms with E-state index < -0.39 is 28.6 Å². The predicted octanol–water partition coefficient (Wildman–Crippen LogP) is 2.07. The third-order valence-electron chi connectivity index (χ3n) is 3.93. The summed E-state index contributed by atoms with van der Waals surface area (Å²) in [6.07, 6.45) is 1.46. The Balaban J connectivity index is 2.08. The van der Waals surface area contributed by atoms with Gasteiger partial charge in [0, 0.05) is 0 Å². The van der Waals surface area contributed by atoms with Crippen LogP contribution in [-0.4, -0.2) is 53.7 Å². The number of methoxy groups -OCH3 is 2. The Hall–Kier alpha value is -3.60. The summed E-state index contributed by atoms with van der Waals surface area (Å²) in [5, 5.41) is 3.84. The van der Waals surface area contributed by atoms with Gasteiger partial charge < -0.3 is 14.2 Å². The van der Waals surface area contributed by atoms with Crippen molar-refractivity contribution in [1.82, 2.24) is 5.43 Å². The fourth-order valence-electron chi connectivity index (χ4n) is 2.51. The molecule has 1 N–H and O–H groups in total. The van der Waals surface area contributed by atoms with Crippen molar-refractivity contribution >= 4 is 34.0 Å². The van der Waals surface area contributed by atoms with E-state index in [0.717, 1.165) is 16.1 Å². The number of hydrogen-bond donors (Lipinski definition) is 1. The molecular formula is C20H23N3O7S. The minimum Gasteiger partial charge on any atom is -0.493 e. The van der Waals surface area contributed by atoms with Crippen molar-refractivity contribution < 1.29 is 32.2 Å². The molecule has 166 valence electrons. The number of amides is 1. The smallest absolute Gasteiger partial charge is 0.493 e. The number of nitrogens with zero attached hydrogens (tertiary/aromatic N) is 2. The van der Waals surface area contributed by atoms with E-state index in [2.05, 4.69) is 15.3 Å². The maximum atomic E-state index is 12.3. The van der Waals surface area contributed by atoms with E-state index in [4.69, 9.17) is 9.47 Å². The summed E-state index contributed by atoms with van der Waals surface area (Å²) in [6.45, 7) is 1.39. The lowest BCUT2D eigenvalue weighted by Gasteiger charge is -2.21. The summed E-state index contributed by atoms with van der Waals surface area (Å²) in [7, 11) is -1.10. The minimum atomic E-state index is -3.68. The van der Waals surface area contributed by atoms with Crippen molar-refractivity contribution in [3.8, 4) is 11.5 Å². The second kappa shape index (κ2) is 10.4. The number of aryl methyl sites for hydroxylation is 1. The molecule has 10 nitrogen and oxygen atoms in total. The van der Waals surface area contributed by atoms with Gasteiger partial charge in [-0.15, -0.1) is 0 Å². The van der Waals surface area contributed by atoms with Crippen LogP contribution in [0.3, 0.4) is 0 Å². The molecule has 1 amide bonds. The topological polar surface area (TPSA) is 124 Å². The molecule has 2 aromatic carbocycles. The number of ether oxygens (including phenoxy) is 3. The molecule has 0 heterocycles. The normalized spacial score (nSPS) is 11.1. The first-order chi connectivity index (χ1) is 14.6. The molecule has 11 heteroatoms. The summed E-state index contributed by atoms with van der Waals surface area (Å²) in [4.78, 5) is 23.5. The van der Waals surface area contributed by atoms with Crippen molar-refractivity contribution in [2.24, 2.45) is 5.10 Å². The number of hydrazone groups is 1. The van der Waals surface area contributed by atoms with Crippen LogP contribution in [0.4, 0.5) is 10.5 Å². The molecule has 0 aliphatic heterocycles. The average molecular weight is 449 g/mol. The van der Waals surface area contributed by atoms with Crippen molar-refractivity contribution in [3.63, 3.8) is 0 Å². The van der Waals surface area contributed by atoms with E-state index in [-0.39, 0.29) is 11.5 Å². The average Bonchev–Trinajstić information content (AvgIpc) is 2.72. The number of rotatable bonds is 8. The van der Waals surface area contributed by atoms with E-state index >= 15 is 0 Å². The van der Waals surface area contributed by atoms with E-state index in [1.54, 1.807) is 24.3 Å². The van der Waals surface area contributed by atoms with Crippen LogP contribution in [0.2, 0.25) is 0 Å². The van der Waals surface area contributed by atoms with Gasteiger partial charge in [0.05, 0.1) is 32.4 Å². The molecule has 0 radical (unpaired) electrons. The first-order valence-electron chi connectivity index (χ1n) is 8.94. The molecule has 0 aromatic heterocycles. The molecule has 0 fully saturated rings. The molecule has 2 aromatic rings. The zero-order chi connectivity index (χ0) is 23.0. The molecule has 0 saturated carbocycles. The number of nitrogens with one attached hydrogen (secondary N) is 1. The lowest BCUT2D eigenvalue weighted by Crippen LogP contribution is -2.39. The molecular weight excluding hydrogens is 426 g/mol. The van der Waals surface area contributed by atoms with E-state index in [1.165, 1.54) is 32.6 Å². The monoisotopic (exact) mass is 449 g/mol. The van der Waals surface area contributed by atoms with Gasteiger partial charge in [-0.1, -0.05) is 12.1 Å². The third-order valence-corrected chi connectivity index (χ3v) is 5.07. The van der Waals surface area contributed by atoms with Crippen LogP contribution in [0.25, 0.3) is 0 Å². The van der Waals surface area contributed by atoms with E-state index in [1.807, 2.05) is 13.0 Å². The summed E-state index contributed by atoms with van der Waals surface area (Å²) >= 11 is 0. The second-order valence-corrected chi connectivity index (χ2v) is 8.28. The highest BCUT2D eigenvalue weighted by molar-refractivity contribution is 7.92. The number of anilines is 1. The van der Waals surface area contributed by atoms with E-state index in [9.17, 15) is 18.0 Å². The van der Waals surface area contributed by atoms with Gasteiger partial charge in [-0.3, -0.25) is 9.10 Å².